The zero-order valence-electron chi connectivity index (χ0n) is 5.97. The second-order valence-corrected chi connectivity index (χ2v) is 1.85. The Balaban J connectivity index is 3.19. The zero-order valence-corrected chi connectivity index (χ0v) is 5.97. The van der Waals surface area contributed by atoms with Gasteiger partial charge in [0.25, 0.3) is 0 Å². The van der Waals surface area contributed by atoms with Crippen LogP contribution < -0.4 is 4.74 Å². The molecule has 0 aliphatic heterocycles. The van der Waals surface area contributed by atoms with Gasteiger partial charge in [0, 0.05) is 0 Å². The third-order valence-corrected chi connectivity index (χ3v) is 1.17. The van der Waals surface area contributed by atoms with Gasteiger partial charge in [0.1, 0.15) is 5.82 Å². The van der Waals surface area contributed by atoms with Crippen LogP contribution in [0.2, 0.25) is 0 Å². The van der Waals surface area contributed by atoms with Gasteiger partial charge in [0.2, 0.25) is 5.88 Å². The van der Waals surface area contributed by atoms with Crippen molar-refractivity contribution in [3.05, 3.63) is 23.6 Å². The predicted molar refractivity (Wildman–Crippen MR) is 38.7 cm³/mol. The lowest BCUT2D eigenvalue weighted by molar-refractivity contribution is 0.394. The second-order valence-electron chi connectivity index (χ2n) is 1.85. The average molecular weight is 151 g/mol. The van der Waals surface area contributed by atoms with Crippen molar-refractivity contribution in [1.29, 1.82) is 0 Å². The van der Waals surface area contributed by atoms with Crippen molar-refractivity contribution in [3.8, 4) is 18.2 Å². The minimum atomic E-state index is -0.459. The molecule has 11 heavy (non-hydrogen) atoms. The topological polar surface area (TPSA) is 22.1 Å². The molecule has 1 heterocycles. The van der Waals surface area contributed by atoms with Crippen LogP contribution in [0.1, 0.15) is 5.56 Å². The number of pyridine rings is 1. The van der Waals surface area contributed by atoms with Gasteiger partial charge in [-0.2, -0.15) is 0 Å². The second kappa shape index (κ2) is 3.02. The fourth-order valence-corrected chi connectivity index (χ4v) is 0.693. The standard InChI is InChI=1S/C8H6FNO/c1-3-6-4-7(9)5-10-8(6)11-2/h1,4-5H,2H3. The lowest BCUT2D eigenvalue weighted by Crippen LogP contribution is -1.92. The Morgan fingerprint density at radius 2 is 2.45 bits per heavy atom. The molecule has 0 spiro atoms. The Kier molecular flexibility index (Phi) is 2.07. The maximum Gasteiger partial charge on any atom is 0.229 e. The van der Waals surface area contributed by atoms with Crippen LogP contribution in [0.15, 0.2) is 12.3 Å². The minimum Gasteiger partial charge on any atom is -0.480 e. The highest BCUT2D eigenvalue weighted by Crippen LogP contribution is 2.13. The molecule has 0 unspecified atom stereocenters. The SMILES string of the molecule is C#Cc1cc(F)cnc1OC. The van der Waals surface area contributed by atoms with Crippen LogP contribution >= 0.6 is 0 Å². The van der Waals surface area contributed by atoms with Gasteiger partial charge in [0.05, 0.1) is 18.9 Å². The van der Waals surface area contributed by atoms with Crippen molar-refractivity contribution in [1.82, 2.24) is 4.98 Å². The summed E-state index contributed by atoms with van der Waals surface area (Å²) in [5, 5.41) is 0. The molecule has 0 atom stereocenters. The number of halogens is 1. The summed E-state index contributed by atoms with van der Waals surface area (Å²) in [5.74, 6) is 2.07. The van der Waals surface area contributed by atoms with Crippen LogP contribution in [0.4, 0.5) is 4.39 Å². The largest absolute Gasteiger partial charge is 0.480 e. The summed E-state index contributed by atoms with van der Waals surface area (Å²) >= 11 is 0. The van der Waals surface area contributed by atoms with E-state index in [0.29, 0.717) is 5.56 Å². The molecular formula is C8H6FNO. The number of methoxy groups -OCH3 is 1. The molecule has 0 aliphatic rings. The fourth-order valence-electron chi connectivity index (χ4n) is 0.693. The van der Waals surface area contributed by atoms with Crippen molar-refractivity contribution in [3.63, 3.8) is 0 Å². The first-order chi connectivity index (χ1) is 5.27. The number of nitrogens with zero attached hydrogens (tertiary/aromatic N) is 1. The fraction of sp³-hybridized carbons (Fsp3) is 0.125. The summed E-state index contributed by atoms with van der Waals surface area (Å²) in [6, 6.07) is 1.20. The molecule has 56 valence electrons. The van der Waals surface area contributed by atoms with E-state index in [1.807, 2.05) is 0 Å². The van der Waals surface area contributed by atoms with Gasteiger partial charge in [-0.25, -0.2) is 9.37 Å². The van der Waals surface area contributed by atoms with Crippen molar-refractivity contribution in [2.75, 3.05) is 7.11 Å². The van der Waals surface area contributed by atoms with Crippen molar-refractivity contribution < 1.29 is 9.13 Å². The Hall–Kier alpha value is -1.56. The highest BCUT2D eigenvalue weighted by atomic mass is 19.1. The number of hydrogen-bond donors (Lipinski definition) is 0. The van der Waals surface area contributed by atoms with E-state index in [-0.39, 0.29) is 5.88 Å². The molecule has 1 aromatic rings. The van der Waals surface area contributed by atoms with Crippen molar-refractivity contribution in [2.24, 2.45) is 0 Å². The van der Waals surface area contributed by atoms with Gasteiger partial charge >= 0.3 is 0 Å². The first-order valence-electron chi connectivity index (χ1n) is 2.94. The van der Waals surface area contributed by atoms with Gasteiger partial charge in [-0.05, 0) is 6.07 Å². The quantitative estimate of drug-likeness (QED) is 0.563. The van der Waals surface area contributed by atoms with E-state index in [4.69, 9.17) is 11.2 Å². The average Bonchev–Trinajstić information content (AvgIpc) is 2.04. The van der Waals surface area contributed by atoms with Gasteiger partial charge in [-0.3, -0.25) is 0 Å². The van der Waals surface area contributed by atoms with E-state index in [2.05, 4.69) is 10.9 Å². The summed E-state index contributed by atoms with van der Waals surface area (Å²) in [6.45, 7) is 0. The van der Waals surface area contributed by atoms with Gasteiger partial charge < -0.3 is 4.74 Å². The lowest BCUT2D eigenvalue weighted by atomic mass is 10.3. The maximum absolute atomic E-state index is 12.5. The summed E-state index contributed by atoms with van der Waals surface area (Å²) in [5.41, 5.74) is 0.326. The van der Waals surface area contributed by atoms with Crippen LogP contribution in [-0.2, 0) is 0 Å². The molecule has 0 saturated heterocycles. The molecule has 0 bridgehead atoms. The maximum atomic E-state index is 12.5. The van der Waals surface area contributed by atoms with Gasteiger partial charge in [0.15, 0.2) is 0 Å². The van der Waals surface area contributed by atoms with Crippen molar-refractivity contribution >= 4 is 0 Å². The Labute approximate surface area is 64.0 Å². The summed E-state index contributed by atoms with van der Waals surface area (Å²) in [4.78, 5) is 3.63. The highest BCUT2D eigenvalue weighted by molar-refractivity contribution is 5.39. The molecular weight excluding hydrogens is 145 g/mol. The van der Waals surface area contributed by atoms with Crippen LogP contribution in [-0.4, -0.2) is 12.1 Å². The number of hydrogen-bond acceptors (Lipinski definition) is 2. The van der Waals surface area contributed by atoms with E-state index in [9.17, 15) is 4.39 Å². The monoisotopic (exact) mass is 151 g/mol. The summed E-state index contributed by atoms with van der Waals surface area (Å²) in [7, 11) is 1.43. The van der Waals surface area contributed by atoms with Crippen LogP contribution in [0.3, 0.4) is 0 Å². The number of ether oxygens (including phenoxy) is 1. The third kappa shape index (κ3) is 1.47. The van der Waals surface area contributed by atoms with E-state index < -0.39 is 5.82 Å². The molecule has 0 aromatic carbocycles. The number of aromatic nitrogens is 1. The van der Waals surface area contributed by atoms with Gasteiger partial charge in [-0.1, -0.05) is 5.92 Å². The van der Waals surface area contributed by atoms with E-state index >= 15 is 0 Å². The lowest BCUT2D eigenvalue weighted by Gasteiger charge is -1.99. The van der Waals surface area contributed by atoms with E-state index in [0.717, 1.165) is 6.20 Å². The number of rotatable bonds is 1. The molecule has 0 fully saturated rings. The normalized spacial score (nSPS) is 8.82. The summed E-state index contributed by atoms with van der Waals surface area (Å²) in [6.07, 6.45) is 6.11. The van der Waals surface area contributed by atoms with Crippen molar-refractivity contribution in [2.45, 2.75) is 0 Å². The van der Waals surface area contributed by atoms with Gasteiger partial charge in [-0.15, -0.1) is 6.42 Å². The Morgan fingerprint density at radius 3 is 3.00 bits per heavy atom. The molecule has 2 nitrogen and oxygen atoms in total. The summed E-state index contributed by atoms with van der Waals surface area (Å²) < 4.78 is 17.2. The van der Waals surface area contributed by atoms with E-state index in [1.54, 1.807) is 0 Å². The molecule has 1 rings (SSSR count). The van der Waals surface area contributed by atoms with Crippen LogP contribution in [0, 0.1) is 18.2 Å². The zero-order chi connectivity index (χ0) is 8.27. The molecule has 0 amide bonds. The molecule has 0 aliphatic carbocycles. The third-order valence-electron chi connectivity index (χ3n) is 1.17. The van der Waals surface area contributed by atoms with Crippen LogP contribution in [0.25, 0.3) is 0 Å². The molecule has 3 heteroatoms. The molecule has 0 radical (unpaired) electrons. The molecule has 0 saturated carbocycles. The van der Waals surface area contributed by atoms with E-state index in [1.165, 1.54) is 13.2 Å². The minimum absolute atomic E-state index is 0.272. The highest BCUT2D eigenvalue weighted by Gasteiger charge is 2.01. The first kappa shape index (κ1) is 7.55. The molecule has 1 aromatic heterocycles. The molecule has 0 N–H and O–H groups in total. The van der Waals surface area contributed by atoms with Crippen LogP contribution in [0.5, 0.6) is 5.88 Å². The Morgan fingerprint density at radius 1 is 1.73 bits per heavy atom. The smallest absolute Gasteiger partial charge is 0.229 e. The predicted octanol–water partition coefficient (Wildman–Crippen LogP) is 1.21. The first-order valence-corrected chi connectivity index (χ1v) is 2.94. The number of terminal acetylenes is 1. The Bertz CT molecular complexity index is 303.